The quantitative estimate of drug-likeness (QED) is 0.886. The number of hydrogen-bond acceptors (Lipinski definition) is 4. The summed E-state index contributed by atoms with van der Waals surface area (Å²) in [6, 6.07) is 3.97. The van der Waals surface area contributed by atoms with Crippen molar-refractivity contribution in [3.8, 4) is 0 Å². The molecule has 0 spiro atoms. The van der Waals surface area contributed by atoms with Gasteiger partial charge in [-0.1, -0.05) is 13.0 Å². The molecule has 1 aliphatic heterocycles. The highest BCUT2D eigenvalue weighted by molar-refractivity contribution is 5.42. The Kier molecular flexibility index (Phi) is 5.16. The average molecular weight is 264 g/mol. The van der Waals surface area contributed by atoms with Crippen molar-refractivity contribution in [1.82, 2.24) is 4.98 Å². The van der Waals surface area contributed by atoms with Crippen LogP contribution >= 0.6 is 0 Å². The third kappa shape index (κ3) is 3.67. The molecule has 0 amide bonds. The molecule has 1 fully saturated rings. The molecular weight excluding hydrogens is 240 g/mol. The fraction of sp³-hybridized carbons (Fsp3) is 0.667. The van der Waals surface area contributed by atoms with Crippen LogP contribution in [0.25, 0.3) is 0 Å². The molecule has 1 saturated heterocycles. The summed E-state index contributed by atoms with van der Waals surface area (Å²) in [5.41, 5.74) is 1.82. The molecule has 0 aromatic carbocycles. The van der Waals surface area contributed by atoms with Crippen LogP contribution in [-0.2, 0) is 11.3 Å². The molecule has 0 aliphatic carbocycles. The lowest BCUT2D eigenvalue weighted by molar-refractivity contribution is 0.0439. The number of aliphatic hydroxyl groups excluding tert-OH is 1. The summed E-state index contributed by atoms with van der Waals surface area (Å²) in [7, 11) is 0. The van der Waals surface area contributed by atoms with Crippen molar-refractivity contribution in [2.45, 2.75) is 45.8 Å². The molecule has 19 heavy (non-hydrogen) atoms. The first-order valence-corrected chi connectivity index (χ1v) is 7.18. The fourth-order valence-corrected chi connectivity index (χ4v) is 2.49. The van der Waals surface area contributed by atoms with Gasteiger partial charge in [-0.3, -0.25) is 0 Å². The van der Waals surface area contributed by atoms with Gasteiger partial charge in [0.05, 0.1) is 12.7 Å². The van der Waals surface area contributed by atoms with Crippen molar-refractivity contribution in [2.24, 2.45) is 0 Å². The lowest BCUT2D eigenvalue weighted by Crippen LogP contribution is -2.40. The predicted molar refractivity (Wildman–Crippen MR) is 76.4 cm³/mol. The zero-order valence-corrected chi connectivity index (χ0v) is 11.9. The Morgan fingerprint density at radius 2 is 2.32 bits per heavy atom. The van der Waals surface area contributed by atoms with E-state index in [4.69, 9.17) is 4.74 Å². The van der Waals surface area contributed by atoms with Crippen molar-refractivity contribution < 1.29 is 9.84 Å². The number of nitrogens with zero attached hydrogens (tertiary/aromatic N) is 2. The summed E-state index contributed by atoms with van der Waals surface area (Å²) in [6.45, 7) is 6.95. The number of ether oxygens (including phenoxy) is 1. The van der Waals surface area contributed by atoms with Gasteiger partial charge in [-0.05, 0) is 37.8 Å². The van der Waals surface area contributed by atoms with Crippen molar-refractivity contribution in [3.63, 3.8) is 0 Å². The molecule has 2 rings (SSSR count). The summed E-state index contributed by atoms with van der Waals surface area (Å²) in [5, 5.41) is 9.19. The number of anilines is 1. The lowest BCUT2D eigenvalue weighted by Gasteiger charge is -2.33. The number of pyridine rings is 1. The number of hydrogen-bond donors (Lipinski definition) is 1. The van der Waals surface area contributed by atoms with Gasteiger partial charge in [0, 0.05) is 25.4 Å². The van der Waals surface area contributed by atoms with Crippen LogP contribution in [0.3, 0.4) is 0 Å². The minimum absolute atomic E-state index is 0.0569. The smallest absolute Gasteiger partial charge is 0.128 e. The van der Waals surface area contributed by atoms with E-state index in [0.717, 1.165) is 56.0 Å². The third-order valence-electron chi connectivity index (χ3n) is 3.61. The van der Waals surface area contributed by atoms with E-state index in [0.29, 0.717) is 6.10 Å². The highest BCUT2D eigenvalue weighted by Crippen LogP contribution is 2.21. The molecule has 0 saturated carbocycles. The summed E-state index contributed by atoms with van der Waals surface area (Å²) >= 11 is 0. The number of piperidine rings is 1. The normalized spacial score (nSPS) is 19.7. The molecule has 2 heterocycles. The molecule has 0 radical (unpaired) electrons. The van der Waals surface area contributed by atoms with Crippen molar-refractivity contribution in [1.29, 1.82) is 0 Å². The van der Waals surface area contributed by atoms with Gasteiger partial charge in [-0.15, -0.1) is 0 Å². The van der Waals surface area contributed by atoms with Gasteiger partial charge in [0.2, 0.25) is 0 Å². The van der Waals surface area contributed by atoms with E-state index in [1.54, 1.807) is 0 Å². The fourth-order valence-electron chi connectivity index (χ4n) is 2.49. The van der Waals surface area contributed by atoms with E-state index >= 15 is 0 Å². The Hall–Kier alpha value is -1.13. The molecule has 1 N–H and O–H groups in total. The second kappa shape index (κ2) is 6.87. The molecule has 4 heteroatoms. The van der Waals surface area contributed by atoms with Crippen molar-refractivity contribution in [2.75, 3.05) is 24.6 Å². The van der Waals surface area contributed by atoms with E-state index in [1.807, 2.05) is 19.1 Å². The van der Waals surface area contributed by atoms with Gasteiger partial charge in [0.25, 0.3) is 0 Å². The van der Waals surface area contributed by atoms with Crippen LogP contribution in [0.1, 0.15) is 37.4 Å². The van der Waals surface area contributed by atoms with E-state index in [2.05, 4.69) is 16.8 Å². The molecule has 106 valence electrons. The molecule has 0 bridgehead atoms. The monoisotopic (exact) mass is 264 g/mol. The summed E-state index contributed by atoms with van der Waals surface area (Å²) in [5.74, 6) is 1.000. The largest absolute Gasteiger partial charge is 0.392 e. The standard InChI is InChI=1S/C15H24N2O2/c1-3-9-19-14-5-4-8-17(10-14)15-7-6-13(11-18)12(2)16-15/h6-7,14,18H,3-5,8-11H2,1-2H3. The van der Waals surface area contributed by atoms with Gasteiger partial charge in [0.1, 0.15) is 5.82 Å². The van der Waals surface area contributed by atoms with Crippen LogP contribution in [0.5, 0.6) is 0 Å². The maximum absolute atomic E-state index is 9.19. The highest BCUT2D eigenvalue weighted by atomic mass is 16.5. The van der Waals surface area contributed by atoms with E-state index < -0.39 is 0 Å². The van der Waals surface area contributed by atoms with E-state index in [1.165, 1.54) is 0 Å². The van der Waals surface area contributed by atoms with Gasteiger partial charge in [0.15, 0.2) is 0 Å². The zero-order valence-electron chi connectivity index (χ0n) is 11.9. The molecule has 1 aliphatic rings. The summed E-state index contributed by atoms with van der Waals surface area (Å²) in [6.07, 6.45) is 3.69. The Morgan fingerprint density at radius 1 is 1.47 bits per heavy atom. The van der Waals surface area contributed by atoms with Crippen LogP contribution < -0.4 is 4.90 Å². The van der Waals surface area contributed by atoms with E-state index in [9.17, 15) is 5.11 Å². The van der Waals surface area contributed by atoms with Crippen LogP contribution in [0.15, 0.2) is 12.1 Å². The van der Waals surface area contributed by atoms with Crippen LogP contribution in [-0.4, -0.2) is 35.9 Å². The number of aryl methyl sites for hydroxylation is 1. The molecule has 4 nitrogen and oxygen atoms in total. The van der Waals surface area contributed by atoms with Crippen LogP contribution in [0.4, 0.5) is 5.82 Å². The Balaban J connectivity index is 2.02. The van der Waals surface area contributed by atoms with Gasteiger partial charge < -0.3 is 14.7 Å². The third-order valence-corrected chi connectivity index (χ3v) is 3.61. The van der Waals surface area contributed by atoms with Crippen molar-refractivity contribution in [3.05, 3.63) is 23.4 Å². The van der Waals surface area contributed by atoms with Crippen molar-refractivity contribution >= 4 is 5.82 Å². The maximum Gasteiger partial charge on any atom is 0.128 e. The Bertz CT molecular complexity index is 409. The SMILES string of the molecule is CCCOC1CCCN(c2ccc(CO)c(C)n2)C1. The lowest BCUT2D eigenvalue weighted by atomic mass is 10.1. The number of aromatic nitrogens is 1. The highest BCUT2D eigenvalue weighted by Gasteiger charge is 2.21. The predicted octanol–water partition coefficient (Wildman–Crippen LogP) is 2.28. The Morgan fingerprint density at radius 3 is 3.00 bits per heavy atom. The molecule has 1 atom stereocenters. The topological polar surface area (TPSA) is 45.6 Å². The zero-order chi connectivity index (χ0) is 13.7. The van der Waals surface area contributed by atoms with Gasteiger partial charge >= 0.3 is 0 Å². The summed E-state index contributed by atoms with van der Waals surface area (Å²) < 4.78 is 5.85. The minimum atomic E-state index is 0.0569. The Labute approximate surface area is 115 Å². The second-order valence-electron chi connectivity index (χ2n) is 5.15. The number of rotatable bonds is 5. The van der Waals surface area contributed by atoms with Gasteiger partial charge in [-0.25, -0.2) is 4.98 Å². The number of aliphatic hydroxyl groups is 1. The first-order valence-electron chi connectivity index (χ1n) is 7.18. The summed E-state index contributed by atoms with van der Waals surface area (Å²) in [4.78, 5) is 6.88. The van der Waals surface area contributed by atoms with Gasteiger partial charge in [-0.2, -0.15) is 0 Å². The molecule has 1 aromatic rings. The molecule has 1 aromatic heterocycles. The van der Waals surface area contributed by atoms with Crippen LogP contribution in [0, 0.1) is 6.92 Å². The second-order valence-corrected chi connectivity index (χ2v) is 5.15. The van der Waals surface area contributed by atoms with E-state index in [-0.39, 0.29) is 6.61 Å². The minimum Gasteiger partial charge on any atom is -0.392 e. The van der Waals surface area contributed by atoms with Crippen LogP contribution in [0.2, 0.25) is 0 Å². The average Bonchev–Trinajstić information content (AvgIpc) is 2.45. The first kappa shape index (κ1) is 14.3. The maximum atomic E-state index is 9.19. The first-order chi connectivity index (χ1) is 9.24. The molecular formula is C15H24N2O2. The molecule has 1 unspecified atom stereocenters.